The van der Waals surface area contributed by atoms with Crippen LogP contribution in [0.4, 0.5) is 0 Å². The third-order valence-electron chi connectivity index (χ3n) is 23.0. The van der Waals surface area contributed by atoms with Crippen molar-refractivity contribution in [1.82, 2.24) is 53.2 Å². The van der Waals surface area contributed by atoms with Gasteiger partial charge in [-0.15, -0.1) is 0 Å². The highest BCUT2D eigenvalue weighted by atomic mass is 79.9. The van der Waals surface area contributed by atoms with Crippen LogP contribution in [0.25, 0.3) is 200 Å². The second-order valence-corrected chi connectivity index (χ2v) is 34.3. The van der Waals surface area contributed by atoms with Crippen molar-refractivity contribution < 1.29 is 0 Å². The van der Waals surface area contributed by atoms with E-state index in [2.05, 4.69) is 423 Å². The fourth-order valence-corrected chi connectivity index (χ4v) is 19.5. The molecule has 0 N–H and O–H groups in total. The van der Waals surface area contributed by atoms with Crippen molar-refractivity contribution in [1.29, 1.82) is 0 Å². The molecule has 11 heterocycles. The Morgan fingerprint density at radius 1 is 0.164 bits per heavy atom. The standard InChI is InChI=1S/2C29H19BrN2.C28H18BrN3.C27H17BrN4/c30-25-16-9-15-24-23-14-7-8-17-28(23)32(29(24)25)22-18-26(20-10-3-1-4-11-20)31-27(19-22)21-12-5-2-6-13-21;30-25-16-9-15-24-23-14-7-8-17-27(23)32(29(24)25)28-19-22(20-10-3-1-4-11-20)18-26(31-28)21-12-5-2-6-13-21;29-24-10-7-9-23-22-8-1-2-13-27(22)32(28(23)24)21-17-19(25-11-3-5-14-30-25)16-20(18-21)26-12-4-6-15-31-26;28-21-10-7-9-20-19-8-1-2-13-26(19)32(27(20)21)18-16-24(22-11-3-5-14-29-22)31-25(17-18)23-12-4-6-15-30-23/h2*1-19H;1-18H;1-17H. The average molecular weight is 1900 g/mol. The van der Waals surface area contributed by atoms with Crippen molar-refractivity contribution in [2.45, 2.75) is 0 Å². The van der Waals surface area contributed by atoms with E-state index in [0.29, 0.717) is 0 Å². The molecule has 15 heteroatoms. The molecule has 11 aromatic heterocycles. The molecule has 0 radical (unpaired) electrons. The zero-order chi connectivity index (χ0) is 86.0. The molecule has 0 saturated heterocycles. The normalized spacial score (nSPS) is 11.3. The number of aromatic nitrogens is 11. The number of rotatable bonds is 12. The maximum Gasteiger partial charge on any atom is 0.138 e. The Morgan fingerprint density at radius 2 is 0.438 bits per heavy atom. The average Bonchev–Trinajstić information content (AvgIpc) is 1.60. The highest BCUT2D eigenvalue weighted by molar-refractivity contribution is 9.11. The van der Waals surface area contributed by atoms with E-state index in [0.717, 1.165) is 158 Å². The Morgan fingerprint density at radius 3 is 0.789 bits per heavy atom. The molecule has 24 rings (SSSR count). The van der Waals surface area contributed by atoms with Gasteiger partial charge in [0, 0.05) is 119 Å². The van der Waals surface area contributed by atoms with Crippen LogP contribution in [-0.4, -0.2) is 53.2 Å². The van der Waals surface area contributed by atoms with Crippen molar-refractivity contribution in [2.75, 3.05) is 0 Å². The first kappa shape index (κ1) is 80.2. The van der Waals surface area contributed by atoms with Gasteiger partial charge in [-0.05, 0) is 227 Å². The van der Waals surface area contributed by atoms with Gasteiger partial charge in [0.25, 0.3) is 0 Å². The van der Waals surface area contributed by atoms with Gasteiger partial charge in [-0.2, -0.15) is 0 Å². The van der Waals surface area contributed by atoms with Crippen LogP contribution < -0.4 is 0 Å². The number of benzene rings is 13. The zero-order valence-corrected chi connectivity index (χ0v) is 74.9. The summed E-state index contributed by atoms with van der Waals surface area (Å²) in [6, 6.07) is 145. The molecule has 0 atom stereocenters. The molecule has 0 unspecified atom stereocenters. The lowest BCUT2D eigenvalue weighted by Crippen LogP contribution is -2.00. The minimum absolute atomic E-state index is 0.807. The highest BCUT2D eigenvalue weighted by Gasteiger charge is 2.24. The summed E-state index contributed by atoms with van der Waals surface area (Å²) in [6.45, 7) is 0. The lowest BCUT2D eigenvalue weighted by atomic mass is 10.0. The molecule has 0 fully saturated rings. The van der Waals surface area contributed by atoms with Crippen LogP contribution in [0, 0.1) is 0 Å². The van der Waals surface area contributed by atoms with Gasteiger partial charge >= 0.3 is 0 Å². The second kappa shape index (κ2) is 35.6. The quantitative estimate of drug-likeness (QED) is 0.120. The van der Waals surface area contributed by atoms with E-state index in [9.17, 15) is 0 Å². The van der Waals surface area contributed by atoms with Crippen molar-refractivity contribution in [2.24, 2.45) is 0 Å². The van der Waals surface area contributed by atoms with Gasteiger partial charge < -0.3 is 13.7 Å². The Hall–Kier alpha value is -15.0. The van der Waals surface area contributed by atoms with Crippen molar-refractivity contribution in [3.8, 4) is 113 Å². The molecule has 0 saturated carbocycles. The number of pyridine rings is 7. The smallest absolute Gasteiger partial charge is 0.138 e. The van der Waals surface area contributed by atoms with E-state index in [1.165, 1.54) is 59.7 Å². The molecule has 0 amide bonds. The van der Waals surface area contributed by atoms with Crippen LogP contribution in [0.3, 0.4) is 0 Å². The van der Waals surface area contributed by atoms with Crippen LogP contribution in [0.1, 0.15) is 0 Å². The first-order valence-corrected chi connectivity index (χ1v) is 45.2. The van der Waals surface area contributed by atoms with E-state index in [4.69, 9.17) is 15.0 Å². The van der Waals surface area contributed by atoms with Gasteiger partial charge in [-0.25, -0.2) is 15.0 Å². The van der Waals surface area contributed by atoms with Crippen LogP contribution in [0.2, 0.25) is 0 Å². The molecule has 0 aliphatic rings. The van der Waals surface area contributed by atoms with E-state index in [-0.39, 0.29) is 0 Å². The van der Waals surface area contributed by atoms with Gasteiger partial charge in [0.15, 0.2) is 0 Å². The number of para-hydroxylation sites is 8. The molecule has 608 valence electrons. The predicted molar refractivity (Wildman–Crippen MR) is 542 cm³/mol. The van der Waals surface area contributed by atoms with Crippen LogP contribution >= 0.6 is 63.7 Å². The third-order valence-corrected chi connectivity index (χ3v) is 25.6. The lowest BCUT2D eigenvalue weighted by molar-refractivity contribution is 1.08. The second-order valence-electron chi connectivity index (χ2n) is 30.8. The van der Waals surface area contributed by atoms with Gasteiger partial charge in [-0.1, -0.05) is 267 Å². The monoisotopic (exact) mass is 1900 g/mol. The zero-order valence-electron chi connectivity index (χ0n) is 68.6. The SMILES string of the molecule is Brc1cccc2c3ccccc3n(-c3cc(-c4ccccc4)cc(-c4ccccc4)n3)c12.Brc1cccc2c3ccccc3n(-c3cc(-c4ccccc4)nc(-c4ccccc4)c3)c12.Brc1cccc2c3ccccc3n(-c3cc(-c4ccccn4)cc(-c4ccccn4)c3)c12.Brc1cccc2c3ccccc3n(-c3cc(-c4ccccn4)nc(-c4ccccn4)c3)c12. The molecule has 0 spiro atoms. The lowest BCUT2D eigenvalue weighted by Gasteiger charge is -2.13. The molecule has 24 aromatic rings. The largest absolute Gasteiger partial charge is 0.308 e. The summed E-state index contributed by atoms with van der Waals surface area (Å²) >= 11 is 15.2. The van der Waals surface area contributed by atoms with Crippen LogP contribution in [0.5, 0.6) is 0 Å². The maximum absolute atomic E-state index is 5.16. The van der Waals surface area contributed by atoms with Crippen LogP contribution in [-0.2, 0) is 0 Å². The van der Waals surface area contributed by atoms with Crippen LogP contribution in [0.15, 0.2) is 461 Å². The summed E-state index contributed by atoms with van der Waals surface area (Å²) in [7, 11) is 0. The Balaban J connectivity index is 0.000000104. The topological polar surface area (TPSA) is 110 Å². The molecule has 128 heavy (non-hydrogen) atoms. The minimum Gasteiger partial charge on any atom is -0.308 e. The Kier molecular flexibility index (Phi) is 22.3. The molecular weight excluding hydrogens is 1830 g/mol. The number of fused-ring (bicyclic) bond motifs is 12. The molecule has 0 aliphatic heterocycles. The third kappa shape index (κ3) is 15.7. The van der Waals surface area contributed by atoms with Crippen molar-refractivity contribution in [3.05, 3.63) is 461 Å². The first-order valence-electron chi connectivity index (χ1n) is 42.0. The number of nitrogens with zero attached hydrogens (tertiary/aromatic N) is 11. The predicted octanol–water partition coefficient (Wildman–Crippen LogP) is 31.3. The minimum atomic E-state index is 0.807. The van der Waals surface area contributed by atoms with Gasteiger partial charge in [-0.3, -0.25) is 24.5 Å². The fraction of sp³-hybridized carbons (Fsp3) is 0. The first-order chi connectivity index (χ1) is 63.2. The Labute approximate surface area is 771 Å². The fourth-order valence-electron chi connectivity index (χ4n) is 17.3. The van der Waals surface area contributed by atoms with Gasteiger partial charge in [0.05, 0.1) is 107 Å². The molecule has 0 aliphatic carbocycles. The maximum atomic E-state index is 5.16. The van der Waals surface area contributed by atoms with E-state index >= 15 is 0 Å². The van der Waals surface area contributed by atoms with E-state index in [1.54, 1.807) is 12.4 Å². The van der Waals surface area contributed by atoms with Crippen molar-refractivity contribution in [3.63, 3.8) is 0 Å². The Bertz CT molecular complexity index is 7020. The summed E-state index contributed by atoms with van der Waals surface area (Å²) in [5, 5.41) is 9.76. The molecule has 0 bridgehead atoms. The van der Waals surface area contributed by atoms with Gasteiger partial charge in [0.1, 0.15) is 5.82 Å². The summed E-state index contributed by atoms with van der Waals surface area (Å²) < 4.78 is 13.5. The number of hydrogen-bond acceptors (Lipinski definition) is 7. The summed E-state index contributed by atoms with van der Waals surface area (Å²) in [5.41, 5.74) is 28.1. The molecule has 11 nitrogen and oxygen atoms in total. The number of halogens is 4. The summed E-state index contributed by atoms with van der Waals surface area (Å²) in [6.07, 6.45) is 7.25. The van der Waals surface area contributed by atoms with Gasteiger partial charge in [0.2, 0.25) is 0 Å². The van der Waals surface area contributed by atoms with Crippen molar-refractivity contribution >= 4 is 151 Å². The highest BCUT2D eigenvalue weighted by Crippen LogP contribution is 2.44. The van der Waals surface area contributed by atoms with E-state index in [1.807, 2.05) is 109 Å². The van der Waals surface area contributed by atoms with E-state index < -0.39 is 0 Å². The molecular formula is C113H73Br4N11. The number of hydrogen-bond donors (Lipinski definition) is 0. The summed E-state index contributed by atoms with van der Waals surface area (Å²) in [5.74, 6) is 0.906. The summed E-state index contributed by atoms with van der Waals surface area (Å²) in [4.78, 5) is 33.4. The molecule has 13 aromatic carbocycles.